The van der Waals surface area contributed by atoms with Crippen molar-refractivity contribution in [1.82, 2.24) is 9.88 Å². The van der Waals surface area contributed by atoms with E-state index in [-0.39, 0.29) is 42.2 Å². The first-order valence-corrected chi connectivity index (χ1v) is 12.1. The highest BCUT2D eigenvalue weighted by molar-refractivity contribution is 6.42. The maximum atomic E-state index is 12.9. The fraction of sp³-hybridized carbons (Fsp3) is 0.333. The zero-order valence-corrected chi connectivity index (χ0v) is 23.0. The van der Waals surface area contributed by atoms with Gasteiger partial charge in [-0.3, -0.25) is 14.6 Å². The molecule has 4 rings (SSSR count). The number of hydrogen-bond acceptors (Lipinski definition) is 3. The summed E-state index contributed by atoms with van der Waals surface area (Å²) < 4.78 is 0. The smallest absolute Gasteiger partial charge is 0.228 e. The molecule has 1 aliphatic heterocycles. The minimum absolute atomic E-state index is 0. The number of piperidine rings is 1. The van der Waals surface area contributed by atoms with E-state index in [0.29, 0.717) is 28.8 Å². The molecule has 0 radical (unpaired) electrons. The number of benzene rings is 2. The Kier molecular flexibility index (Phi) is 10.9. The highest BCUT2D eigenvalue weighted by Crippen LogP contribution is 2.41. The largest absolute Gasteiger partial charge is 0.300 e. The van der Waals surface area contributed by atoms with Crippen molar-refractivity contribution in [3.63, 3.8) is 0 Å². The van der Waals surface area contributed by atoms with E-state index in [1.165, 1.54) is 5.56 Å². The van der Waals surface area contributed by atoms with Gasteiger partial charge >= 0.3 is 0 Å². The van der Waals surface area contributed by atoms with Crippen molar-refractivity contribution in [1.29, 1.82) is 0 Å². The molecule has 1 fully saturated rings. The molecule has 0 bridgehead atoms. The van der Waals surface area contributed by atoms with Crippen LogP contribution in [0.2, 0.25) is 10.0 Å². The number of amides is 1. The van der Waals surface area contributed by atoms with E-state index in [4.69, 9.17) is 23.2 Å². The average molecular weight is 555 g/mol. The second-order valence-electron chi connectivity index (χ2n) is 8.89. The summed E-state index contributed by atoms with van der Waals surface area (Å²) in [5, 5.41) is 1.08. The van der Waals surface area contributed by atoms with Crippen LogP contribution in [0.15, 0.2) is 72.9 Å². The summed E-state index contributed by atoms with van der Waals surface area (Å²) in [5.41, 5.74) is 2.16. The third-order valence-corrected chi connectivity index (χ3v) is 7.66. The molecule has 2 heterocycles. The van der Waals surface area contributed by atoms with Gasteiger partial charge in [0.1, 0.15) is 5.82 Å². The Morgan fingerprint density at radius 3 is 2.40 bits per heavy atom. The Bertz CT molecular complexity index is 1100. The first-order chi connectivity index (χ1) is 15.9. The molecule has 3 aromatic rings. The SMILES string of the molecule is C[C@@H](c1ccccc1)N(C)CC[C@@]1(c2ccc(Cl)c(Cl)c2)CCC(=O)N(c2ccccn2)C1.Cl.Cl. The number of anilines is 1. The molecule has 1 aliphatic rings. The van der Waals surface area contributed by atoms with E-state index in [1.54, 1.807) is 6.20 Å². The predicted octanol–water partition coefficient (Wildman–Crippen LogP) is 7.38. The predicted molar refractivity (Wildman–Crippen MR) is 151 cm³/mol. The highest BCUT2D eigenvalue weighted by Gasteiger charge is 2.41. The van der Waals surface area contributed by atoms with Crippen LogP contribution < -0.4 is 4.90 Å². The Morgan fingerprint density at radius 1 is 1.03 bits per heavy atom. The summed E-state index contributed by atoms with van der Waals surface area (Å²) in [5.74, 6) is 0.799. The van der Waals surface area contributed by atoms with Gasteiger partial charge in [0, 0.05) is 30.6 Å². The van der Waals surface area contributed by atoms with E-state index in [9.17, 15) is 4.79 Å². The first-order valence-electron chi connectivity index (χ1n) is 11.3. The fourth-order valence-electron chi connectivity index (χ4n) is 4.65. The summed E-state index contributed by atoms with van der Waals surface area (Å²) in [4.78, 5) is 21.5. The van der Waals surface area contributed by atoms with Gasteiger partial charge in [-0.1, -0.05) is 65.7 Å². The average Bonchev–Trinajstić information content (AvgIpc) is 2.86. The van der Waals surface area contributed by atoms with E-state index in [2.05, 4.69) is 54.2 Å². The number of carbonyl (C=O) groups is 1. The molecular formula is C27H31Cl4N3O. The maximum absolute atomic E-state index is 12.9. The molecule has 0 spiro atoms. The number of hydrogen-bond donors (Lipinski definition) is 0. The lowest BCUT2D eigenvalue weighted by Gasteiger charge is -2.44. The molecule has 188 valence electrons. The Labute approximate surface area is 230 Å². The molecule has 2 aromatic carbocycles. The van der Waals surface area contributed by atoms with E-state index in [1.807, 2.05) is 41.3 Å². The molecule has 1 saturated heterocycles. The summed E-state index contributed by atoms with van der Waals surface area (Å²) in [6, 6.07) is 22.4. The molecule has 35 heavy (non-hydrogen) atoms. The van der Waals surface area contributed by atoms with E-state index in [0.717, 1.165) is 24.9 Å². The number of nitrogens with zero attached hydrogens (tertiary/aromatic N) is 3. The van der Waals surface area contributed by atoms with Crippen molar-refractivity contribution in [2.75, 3.05) is 25.0 Å². The molecular weight excluding hydrogens is 524 g/mol. The Hall–Kier alpha value is -1.82. The maximum Gasteiger partial charge on any atom is 0.228 e. The molecule has 0 unspecified atom stereocenters. The van der Waals surface area contributed by atoms with Crippen molar-refractivity contribution in [3.8, 4) is 0 Å². The molecule has 0 N–H and O–H groups in total. The lowest BCUT2D eigenvalue weighted by molar-refractivity contribution is -0.120. The zero-order chi connectivity index (χ0) is 23.4. The number of halogens is 4. The summed E-state index contributed by atoms with van der Waals surface area (Å²) >= 11 is 12.7. The normalized spacial score (nSPS) is 18.5. The van der Waals surface area contributed by atoms with Crippen LogP contribution in [0.4, 0.5) is 5.82 Å². The number of pyridine rings is 1. The molecule has 0 aliphatic carbocycles. The molecule has 1 amide bonds. The third kappa shape index (κ3) is 6.69. The van der Waals surface area contributed by atoms with Crippen molar-refractivity contribution in [2.24, 2.45) is 0 Å². The van der Waals surface area contributed by atoms with E-state index >= 15 is 0 Å². The monoisotopic (exact) mass is 553 g/mol. The highest BCUT2D eigenvalue weighted by atomic mass is 35.5. The van der Waals surface area contributed by atoms with Crippen LogP contribution in [0, 0.1) is 0 Å². The Balaban J connectivity index is 0.00000216. The zero-order valence-electron chi connectivity index (χ0n) is 19.9. The number of rotatable bonds is 7. The van der Waals surface area contributed by atoms with Gasteiger partial charge in [0.25, 0.3) is 0 Å². The van der Waals surface area contributed by atoms with Gasteiger partial charge in [0.05, 0.1) is 10.0 Å². The molecule has 2 atom stereocenters. The third-order valence-electron chi connectivity index (χ3n) is 6.92. The van der Waals surface area contributed by atoms with Crippen molar-refractivity contribution >= 4 is 59.7 Å². The van der Waals surface area contributed by atoms with Crippen LogP contribution >= 0.6 is 48.0 Å². The van der Waals surface area contributed by atoms with Gasteiger partial charge in [-0.15, -0.1) is 24.8 Å². The fourth-order valence-corrected chi connectivity index (χ4v) is 4.95. The quantitative estimate of drug-likeness (QED) is 0.305. The van der Waals surface area contributed by atoms with Crippen LogP contribution in [0.3, 0.4) is 0 Å². The Morgan fingerprint density at radius 2 is 1.74 bits per heavy atom. The lowest BCUT2D eigenvalue weighted by atomic mass is 9.71. The topological polar surface area (TPSA) is 36.4 Å². The lowest BCUT2D eigenvalue weighted by Crippen LogP contribution is -2.50. The van der Waals surface area contributed by atoms with Crippen LogP contribution in [0.1, 0.15) is 43.4 Å². The van der Waals surface area contributed by atoms with Crippen LogP contribution in [-0.2, 0) is 10.2 Å². The van der Waals surface area contributed by atoms with E-state index < -0.39 is 0 Å². The van der Waals surface area contributed by atoms with Crippen LogP contribution in [-0.4, -0.2) is 35.9 Å². The summed E-state index contributed by atoms with van der Waals surface area (Å²) in [6.07, 6.45) is 3.85. The van der Waals surface area contributed by atoms with Crippen molar-refractivity contribution in [2.45, 2.75) is 37.6 Å². The van der Waals surface area contributed by atoms with Gasteiger partial charge in [-0.25, -0.2) is 4.98 Å². The number of aromatic nitrogens is 1. The van der Waals surface area contributed by atoms with Gasteiger partial charge < -0.3 is 0 Å². The second kappa shape index (κ2) is 12.9. The molecule has 4 nitrogen and oxygen atoms in total. The molecule has 1 aromatic heterocycles. The van der Waals surface area contributed by atoms with Gasteiger partial charge in [0.15, 0.2) is 0 Å². The van der Waals surface area contributed by atoms with Gasteiger partial charge in [0.2, 0.25) is 5.91 Å². The standard InChI is InChI=1S/C27H29Cl2N3O.2ClH/c1-20(21-8-4-3-5-9-21)31(2)17-15-27(22-11-12-23(28)24(29)18-22)14-13-26(33)32(19-27)25-10-6-7-16-30-25;;/h3-12,16,18,20H,13-15,17,19H2,1-2H3;2*1H/t20-,27-;;/m0../s1. The van der Waals surface area contributed by atoms with Crippen molar-refractivity contribution < 1.29 is 4.79 Å². The number of carbonyl (C=O) groups excluding carboxylic acids is 1. The minimum Gasteiger partial charge on any atom is -0.300 e. The first kappa shape index (κ1) is 29.4. The van der Waals surface area contributed by atoms with Gasteiger partial charge in [-0.05, 0) is 68.8 Å². The van der Waals surface area contributed by atoms with Crippen LogP contribution in [0.5, 0.6) is 0 Å². The van der Waals surface area contributed by atoms with Crippen molar-refractivity contribution in [3.05, 3.63) is 94.1 Å². The summed E-state index contributed by atoms with van der Waals surface area (Å²) in [6.45, 7) is 3.67. The summed E-state index contributed by atoms with van der Waals surface area (Å²) in [7, 11) is 2.16. The minimum atomic E-state index is -0.246. The second-order valence-corrected chi connectivity index (χ2v) is 9.71. The van der Waals surface area contributed by atoms with Gasteiger partial charge in [-0.2, -0.15) is 0 Å². The molecule has 8 heteroatoms. The molecule has 0 saturated carbocycles. The van der Waals surface area contributed by atoms with Crippen LogP contribution in [0.25, 0.3) is 0 Å².